The maximum Gasteiger partial charge on any atom is 0.147 e. The zero-order valence-electron chi connectivity index (χ0n) is 12.4. The van der Waals surface area contributed by atoms with Crippen LogP contribution in [0.5, 0.6) is 0 Å². The van der Waals surface area contributed by atoms with Gasteiger partial charge in [-0.1, -0.05) is 25.1 Å². The minimum Gasteiger partial charge on any atom is -0.310 e. The SMILES string of the molecule is CCNC(CCCS(C)(=O)=O)c1cccc(C)c1C. The van der Waals surface area contributed by atoms with Crippen molar-refractivity contribution in [2.24, 2.45) is 0 Å². The van der Waals surface area contributed by atoms with Gasteiger partial charge in [0.05, 0.1) is 0 Å². The molecule has 3 nitrogen and oxygen atoms in total. The molecule has 1 N–H and O–H groups in total. The molecule has 19 heavy (non-hydrogen) atoms. The van der Waals surface area contributed by atoms with Crippen LogP contribution in [0, 0.1) is 13.8 Å². The minimum atomic E-state index is -2.86. The average molecular weight is 283 g/mol. The predicted octanol–water partition coefficient (Wildman–Crippen LogP) is 2.78. The lowest BCUT2D eigenvalue weighted by atomic mass is 9.95. The number of hydrogen-bond donors (Lipinski definition) is 1. The molecule has 1 aromatic carbocycles. The molecule has 1 rings (SSSR count). The molecule has 1 unspecified atom stereocenters. The molecule has 108 valence electrons. The second-order valence-electron chi connectivity index (χ2n) is 5.17. The number of nitrogens with one attached hydrogen (secondary N) is 1. The van der Waals surface area contributed by atoms with E-state index in [1.54, 1.807) is 0 Å². The molecule has 1 aromatic rings. The first kappa shape index (κ1) is 16.2. The molecule has 0 aliphatic heterocycles. The molecule has 0 amide bonds. The van der Waals surface area contributed by atoms with Crippen LogP contribution in [0.2, 0.25) is 0 Å². The van der Waals surface area contributed by atoms with E-state index in [4.69, 9.17) is 0 Å². The molecule has 1 atom stereocenters. The van der Waals surface area contributed by atoms with E-state index in [-0.39, 0.29) is 11.8 Å². The van der Waals surface area contributed by atoms with Crippen molar-refractivity contribution < 1.29 is 8.42 Å². The van der Waals surface area contributed by atoms with Crippen LogP contribution in [-0.2, 0) is 9.84 Å². The lowest BCUT2D eigenvalue weighted by Gasteiger charge is -2.21. The van der Waals surface area contributed by atoms with Crippen molar-refractivity contribution in [3.63, 3.8) is 0 Å². The Balaban J connectivity index is 2.79. The first-order valence-corrected chi connectivity index (χ1v) is 8.88. The van der Waals surface area contributed by atoms with Crippen molar-refractivity contribution in [2.75, 3.05) is 18.6 Å². The Kier molecular flexibility index (Phi) is 6.01. The summed E-state index contributed by atoms with van der Waals surface area (Å²) >= 11 is 0. The summed E-state index contributed by atoms with van der Waals surface area (Å²) in [5.41, 5.74) is 3.87. The molecule has 0 aliphatic carbocycles. The Morgan fingerprint density at radius 2 is 1.95 bits per heavy atom. The highest BCUT2D eigenvalue weighted by Crippen LogP contribution is 2.24. The van der Waals surface area contributed by atoms with Gasteiger partial charge in [-0.2, -0.15) is 0 Å². The van der Waals surface area contributed by atoms with Gasteiger partial charge in [-0.05, 0) is 49.9 Å². The number of sulfone groups is 1. The third-order valence-electron chi connectivity index (χ3n) is 3.48. The topological polar surface area (TPSA) is 46.2 Å². The summed E-state index contributed by atoms with van der Waals surface area (Å²) in [5.74, 6) is 0.264. The second-order valence-corrected chi connectivity index (χ2v) is 7.43. The van der Waals surface area contributed by atoms with E-state index in [0.717, 1.165) is 13.0 Å². The summed E-state index contributed by atoms with van der Waals surface area (Å²) < 4.78 is 22.4. The Morgan fingerprint density at radius 1 is 1.26 bits per heavy atom. The third kappa shape index (κ3) is 5.33. The molecule has 0 aromatic heterocycles. The molecule has 0 heterocycles. The van der Waals surface area contributed by atoms with Crippen molar-refractivity contribution in [3.8, 4) is 0 Å². The Bertz CT molecular complexity index is 509. The average Bonchev–Trinajstić information content (AvgIpc) is 2.30. The number of rotatable bonds is 7. The van der Waals surface area contributed by atoms with Crippen LogP contribution < -0.4 is 5.32 Å². The Hall–Kier alpha value is -0.870. The molecular formula is C15H25NO2S. The highest BCUT2D eigenvalue weighted by Gasteiger charge is 2.14. The van der Waals surface area contributed by atoms with Crippen LogP contribution in [-0.4, -0.2) is 27.0 Å². The number of hydrogen-bond acceptors (Lipinski definition) is 3. The zero-order chi connectivity index (χ0) is 14.5. The largest absolute Gasteiger partial charge is 0.310 e. The molecule has 0 spiro atoms. The van der Waals surface area contributed by atoms with Crippen molar-refractivity contribution in [2.45, 2.75) is 39.7 Å². The van der Waals surface area contributed by atoms with E-state index in [0.29, 0.717) is 6.42 Å². The Labute approximate surface area is 117 Å². The highest BCUT2D eigenvalue weighted by atomic mass is 32.2. The van der Waals surface area contributed by atoms with E-state index in [1.807, 2.05) is 0 Å². The van der Waals surface area contributed by atoms with E-state index in [9.17, 15) is 8.42 Å². The van der Waals surface area contributed by atoms with Gasteiger partial charge < -0.3 is 5.32 Å². The summed E-state index contributed by atoms with van der Waals surface area (Å²) in [4.78, 5) is 0. The van der Waals surface area contributed by atoms with Crippen molar-refractivity contribution in [3.05, 3.63) is 34.9 Å². The van der Waals surface area contributed by atoms with Crippen LogP contribution in [0.3, 0.4) is 0 Å². The maximum absolute atomic E-state index is 11.2. The van der Waals surface area contributed by atoms with Crippen LogP contribution in [0.1, 0.15) is 42.5 Å². The van der Waals surface area contributed by atoms with Gasteiger partial charge in [0.2, 0.25) is 0 Å². The monoisotopic (exact) mass is 283 g/mol. The lowest BCUT2D eigenvalue weighted by molar-refractivity contribution is 0.505. The summed E-state index contributed by atoms with van der Waals surface area (Å²) in [6, 6.07) is 6.55. The number of aryl methyl sites for hydroxylation is 1. The van der Waals surface area contributed by atoms with Gasteiger partial charge in [0.15, 0.2) is 0 Å². The molecule has 4 heteroatoms. The van der Waals surface area contributed by atoms with E-state index >= 15 is 0 Å². The minimum absolute atomic E-state index is 0.242. The fourth-order valence-electron chi connectivity index (χ4n) is 2.31. The van der Waals surface area contributed by atoms with Crippen LogP contribution in [0.15, 0.2) is 18.2 Å². The molecule has 0 fully saturated rings. The normalized spacial score (nSPS) is 13.5. The summed E-state index contributed by atoms with van der Waals surface area (Å²) in [6.07, 6.45) is 2.85. The smallest absolute Gasteiger partial charge is 0.147 e. The lowest BCUT2D eigenvalue weighted by Crippen LogP contribution is -2.22. The van der Waals surface area contributed by atoms with Gasteiger partial charge in [-0.25, -0.2) is 8.42 Å². The Morgan fingerprint density at radius 3 is 2.53 bits per heavy atom. The van der Waals surface area contributed by atoms with Crippen LogP contribution in [0.4, 0.5) is 0 Å². The summed E-state index contributed by atoms with van der Waals surface area (Å²) in [6.45, 7) is 7.20. The predicted molar refractivity (Wildman–Crippen MR) is 81.3 cm³/mol. The first-order chi connectivity index (χ1) is 8.85. The first-order valence-electron chi connectivity index (χ1n) is 6.82. The molecule has 0 radical (unpaired) electrons. The van der Waals surface area contributed by atoms with Gasteiger partial charge in [0.1, 0.15) is 9.84 Å². The van der Waals surface area contributed by atoms with Gasteiger partial charge in [-0.15, -0.1) is 0 Å². The second kappa shape index (κ2) is 7.06. The van der Waals surface area contributed by atoms with Crippen LogP contribution in [0.25, 0.3) is 0 Å². The van der Waals surface area contributed by atoms with Gasteiger partial charge in [0, 0.05) is 18.1 Å². The summed E-state index contributed by atoms with van der Waals surface area (Å²) in [7, 11) is -2.86. The van der Waals surface area contributed by atoms with Crippen molar-refractivity contribution in [1.29, 1.82) is 0 Å². The standard InChI is InChI=1S/C15H25NO2S/c1-5-16-15(10-7-11-19(4,17)18)14-9-6-8-12(2)13(14)3/h6,8-9,15-16H,5,7,10-11H2,1-4H3. The molecule has 0 aliphatic rings. The zero-order valence-corrected chi connectivity index (χ0v) is 13.2. The maximum atomic E-state index is 11.2. The van der Waals surface area contributed by atoms with Gasteiger partial charge in [-0.3, -0.25) is 0 Å². The van der Waals surface area contributed by atoms with Gasteiger partial charge >= 0.3 is 0 Å². The fourth-order valence-corrected chi connectivity index (χ4v) is 3.01. The van der Waals surface area contributed by atoms with E-state index in [2.05, 4.69) is 44.3 Å². The van der Waals surface area contributed by atoms with Gasteiger partial charge in [0.25, 0.3) is 0 Å². The highest BCUT2D eigenvalue weighted by molar-refractivity contribution is 7.90. The van der Waals surface area contributed by atoms with Crippen molar-refractivity contribution in [1.82, 2.24) is 5.32 Å². The fraction of sp³-hybridized carbons (Fsp3) is 0.600. The van der Waals surface area contributed by atoms with Crippen molar-refractivity contribution >= 4 is 9.84 Å². The molecular weight excluding hydrogens is 258 g/mol. The quantitative estimate of drug-likeness (QED) is 0.837. The molecule has 0 saturated carbocycles. The van der Waals surface area contributed by atoms with E-state index < -0.39 is 9.84 Å². The number of benzene rings is 1. The summed E-state index contributed by atoms with van der Waals surface area (Å²) in [5, 5.41) is 3.46. The third-order valence-corrected chi connectivity index (χ3v) is 4.51. The van der Waals surface area contributed by atoms with E-state index in [1.165, 1.54) is 22.9 Å². The molecule has 0 bridgehead atoms. The molecule has 0 saturated heterocycles. The van der Waals surface area contributed by atoms with Crippen LogP contribution >= 0.6 is 0 Å².